The minimum Gasteiger partial charge on any atom is -0.360 e. The van der Waals surface area contributed by atoms with E-state index in [1.54, 1.807) is 11.0 Å². The van der Waals surface area contributed by atoms with Gasteiger partial charge in [0.2, 0.25) is 0 Å². The highest BCUT2D eigenvalue weighted by Crippen LogP contribution is 2.30. The van der Waals surface area contributed by atoms with E-state index in [0.717, 1.165) is 12.3 Å². The first-order valence-corrected chi connectivity index (χ1v) is 9.57. The van der Waals surface area contributed by atoms with Gasteiger partial charge in [0.05, 0.1) is 16.1 Å². The number of hydrogen-bond donors (Lipinski definition) is 1. The Kier molecular flexibility index (Phi) is 5.25. The van der Waals surface area contributed by atoms with Crippen molar-refractivity contribution in [3.05, 3.63) is 64.0 Å². The minimum atomic E-state index is -4.44. The van der Waals surface area contributed by atoms with E-state index in [1.165, 1.54) is 24.4 Å². The van der Waals surface area contributed by atoms with Gasteiger partial charge in [0, 0.05) is 61.6 Å². The van der Waals surface area contributed by atoms with Crippen molar-refractivity contribution < 1.29 is 22.9 Å². The Balaban J connectivity index is 1.50. The zero-order valence-electron chi connectivity index (χ0n) is 16.2. The molecule has 162 valence electrons. The van der Waals surface area contributed by atoms with Gasteiger partial charge in [-0.15, -0.1) is 0 Å². The second-order valence-corrected chi connectivity index (χ2v) is 7.22. The third-order valence-corrected chi connectivity index (χ3v) is 5.29. The van der Waals surface area contributed by atoms with Crippen molar-refractivity contribution in [1.29, 1.82) is 0 Å². The third kappa shape index (κ3) is 4.16. The standard InChI is InChI=1S/C20H18F3N5O3/c21-20(22,23)13-2-5-18(25-11-13)26-6-1-7-27(9-8-26)19(29)16-12-24-17-4-3-14(28(30)31)10-15(16)17/h2-5,10-12,24H,1,6-9H2. The van der Waals surface area contributed by atoms with Crippen LogP contribution in [0, 0.1) is 10.1 Å². The Morgan fingerprint density at radius 3 is 2.61 bits per heavy atom. The van der Waals surface area contributed by atoms with Crippen molar-refractivity contribution in [2.45, 2.75) is 12.6 Å². The Bertz CT molecular complexity index is 1130. The van der Waals surface area contributed by atoms with E-state index >= 15 is 0 Å². The number of carbonyl (C=O) groups is 1. The van der Waals surface area contributed by atoms with E-state index in [-0.39, 0.29) is 11.6 Å². The molecule has 2 aromatic heterocycles. The van der Waals surface area contributed by atoms with Crippen LogP contribution in [0.1, 0.15) is 22.3 Å². The number of amides is 1. The normalized spacial score (nSPS) is 15.2. The van der Waals surface area contributed by atoms with Crippen LogP contribution < -0.4 is 4.90 Å². The number of non-ortho nitro benzene ring substituents is 1. The van der Waals surface area contributed by atoms with Crippen molar-refractivity contribution in [3.63, 3.8) is 0 Å². The number of anilines is 1. The van der Waals surface area contributed by atoms with Gasteiger partial charge in [-0.25, -0.2) is 4.98 Å². The molecule has 0 unspecified atom stereocenters. The molecule has 4 rings (SSSR count). The summed E-state index contributed by atoms with van der Waals surface area (Å²) in [6.45, 7) is 1.76. The lowest BCUT2D eigenvalue weighted by Gasteiger charge is -2.23. The number of fused-ring (bicyclic) bond motifs is 1. The number of hydrogen-bond acceptors (Lipinski definition) is 5. The number of benzene rings is 1. The van der Waals surface area contributed by atoms with E-state index in [9.17, 15) is 28.1 Å². The third-order valence-electron chi connectivity index (χ3n) is 5.29. The number of carbonyl (C=O) groups excluding carboxylic acids is 1. The predicted molar refractivity (Wildman–Crippen MR) is 107 cm³/mol. The summed E-state index contributed by atoms with van der Waals surface area (Å²) in [4.78, 5) is 34.0. The van der Waals surface area contributed by atoms with Gasteiger partial charge in [-0.05, 0) is 24.6 Å². The number of nitrogens with zero attached hydrogens (tertiary/aromatic N) is 4. The van der Waals surface area contributed by atoms with E-state index < -0.39 is 16.7 Å². The lowest BCUT2D eigenvalue weighted by atomic mass is 10.1. The molecular formula is C20H18F3N5O3. The smallest absolute Gasteiger partial charge is 0.360 e. The Morgan fingerprint density at radius 2 is 1.94 bits per heavy atom. The van der Waals surface area contributed by atoms with Gasteiger partial charge in [-0.3, -0.25) is 14.9 Å². The molecule has 0 aliphatic carbocycles. The average Bonchev–Trinajstić information content (AvgIpc) is 3.00. The van der Waals surface area contributed by atoms with Gasteiger partial charge < -0.3 is 14.8 Å². The van der Waals surface area contributed by atoms with Crippen LogP contribution in [-0.4, -0.2) is 51.9 Å². The van der Waals surface area contributed by atoms with Crippen LogP contribution in [0.3, 0.4) is 0 Å². The van der Waals surface area contributed by atoms with Gasteiger partial charge in [-0.2, -0.15) is 13.2 Å². The van der Waals surface area contributed by atoms with Crippen molar-refractivity contribution in [2.24, 2.45) is 0 Å². The molecule has 0 radical (unpaired) electrons. The molecule has 1 aromatic carbocycles. The van der Waals surface area contributed by atoms with Crippen molar-refractivity contribution in [3.8, 4) is 0 Å². The molecule has 3 aromatic rings. The predicted octanol–water partition coefficient (Wildman–Crippen LogP) is 3.84. The number of halogens is 3. The molecule has 1 aliphatic heterocycles. The first-order chi connectivity index (χ1) is 14.7. The largest absolute Gasteiger partial charge is 0.417 e. The Morgan fingerprint density at radius 1 is 1.13 bits per heavy atom. The quantitative estimate of drug-likeness (QED) is 0.500. The van der Waals surface area contributed by atoms with Crippen LogP contribution in [0.25, 0.3) is 10.9 Å². The van der Waals surface area contributed by atoms with Crippen LogP contribution in [-0.2, 0) is 6.18 Å². The zero-order valence-corrected chi connectivity index (χ0v) is 16.2. The maximum atomic E-state index is 13.1. The van der Waals surface area contributed by atoms with Gasteiger partial charge in [0.25, 0.3) is 11.6 Å². The minimum absolute atomic E-state index is 0.100. The summed E-state index contributed by atoms with van der Waals surface area (Å²) in [5, 5.41) is 11.5. The van der Waals surface area contributed by atoms with Crippen LogP contribution in [0.5, 0.6) is 0 Å². The fourth-order valence-corrected chi connectivity index (χ4v) is 3.66. The summed E-state index contributed by atoms with van der Waals surface area (Å²) in [6.07, 6.45) is -1.49. The monoisotopic (exact) mass is 433 g/mol. The lowest BCUT2D eigenvalue weighted by Crippen LogP contribution is -2.35. The molecule has 1 aliphatic rings. The molecule has 3 heterocycles. The number of aromatic nitrogens is 2. The summed E-state index contributed by atoms with van der Waals surface area (Å²) in [5.41, 5.74) is 0.0621. The molecule has 0 bridgehead atoms. The molecule has 8 nitrogen and oxygen atoms in total. The van der Waals surface area contributed by atoms with Gasteiger partial charge in [-0.1, -0.05) is 0 Å². The summed E-state index contributed by atoms with van der Waals surface area (Å²) in [5.74, 6) is 0.166. The van der Waals surface area contributed by atoms with E-state index in [1.807, 2.05) is 4.90 Å². The first-order valence-electron chi connectivity index (χ1n) is 9.57. The summed E-state index contributed by atoms with van der Waals surface area (Å²) in [6, 6.07) is 6.63. The van der Waals surface area contributed by atoms with Crippen molar-refractivity contribution in [1.82, 2.24) is 14.9 Å². The molecular weight excluding hydrogens is 415 g/mol. The second kappa shape index (κ2) is 7.89. The number of rotatable bonds is 3. The molecule has 0 spiro atoms. The zero-order chi connectivity index (χ0) is 22.2. The summed E-state index contributed by atoms with van der Waals surface area (Å²) < 4.78 is 38.2. The Hall–Kier alpha value is -3.63. The highest BCUT2D eigenvalue weighted by molar-refractivity contribution is 6.07. The molecule has 1 fully saturated rings. The van der Waals surface area contributed by atoms with Crippen LogP contribution in [0.2, 0.25) is 0 Å². The molecule has 1 N–H and O–H groups in total. The summed E-state index contributed by atoms with van der Waals surface area (Å²) >= 11 is 0. The molecule has 11 heteroatoms. The fourth-order valence-electron chi connectivity index (χ4n) is 3.66. The molecule has 1 amide bonds. The molecule has 0 saturated carbocycles. The first kappa shape index (κ1) is 20.6. The number of nitrogens with one attached hydrogen (secondary N) is 1. The van der Waals surface area contributed by atoms with Gasteiger partial charge in [0.1, 0.15) is 5.82 Å². The number of aromatic amines is 1. The maximum absolute atomic E-state index is 13.1. The van der Waals surface area contributed by atoms with Gasteiger partial charge >= 0.3 is 6.18 Å². The highest BCUT2D eigenvalue weighted by atomic mass is 19.4. The highest BCUT2D eigenvalue weighted by Gasteiger charge is 2.31. The number of nitro groups is 1. The molecule has 31 heavy (non-hydrogen) atoms. The maximum Gasteiger partial charge on any atom is 0.417 e. The lowest BCUT2D eigenvalue weighted by molar-refractivity contribution is -0.384. The summed E-state index contributed by atoms with van der Waals surface area (Å²) in [7, 11) is 0. The van der Waals surface area contributed by atoms with Crippen LogP contribution in [0.4, 0.5) is 24.7 Å². The average molecular weight is 433 g/mol. The number of alkyl halides is 3. The number of H-pyrrole nitrogens is 1. The van der Waals surface area contributed by atoms with Gasteiger partial charge in [0.15, 0.2) is 0 Å². The fraction of sp³-hybridized carbons (Fsp3) is 0.300. The Labute approximate surface area is 174 Å². The molecule has 1 saturated heterocycles. The van der Waals surface area contributed by atoms with Crippen molar-refractivity contribution >= 4 is 28.3 Å². The second-order valence-electron chi connectivity index (χ2n) is 7.22. The number of nitro benzene ring substituents is 1. The van der Waals surface area contributed by atoms with Crippen molar-refractivity contribution in [2.75, 3.05) is 31.1 Å². The van der Waals surface area contributed by atoms with E-state index in [0.29, 0.717) is 54.9 Å². The SMILES string of the molecule is O=C(c1c[nH]c2ccc([N+](=O)[O-])cc12)N1CCCN(c2ccc(C(F)(F)F)cn2)CC1. The van der Waals surface area contributed by atoms with Crippen LogP contribution >= 0.6 is 0 Å². The van der Waals surface area contributed by atoms with E-state index in [4.69, 9.17) is 0 Å². The number of pyridine rings is 1. The van der Waals surface area contributed by atoms with E-state index in [2.05, 4.69) is 9.97 Å². The van der Waals surface area contributed by atoms with Crippen LogP contribution in [0.15, 0.2) is 42.7 Å². The molecule has 0 atom stereocenters. The topological polar surface area (TPSA) is 95.4 Å².